The van der Waals surface area contributed by atoms with Crippen LogP contribution in [0.15, 0.2) is 29.3 Å². The maximum absolute atomic E-state index is 5.70. The Morgan fingerprint density at radius 2 is 1.92 bits per heavy atom. The molecular formula is C19H32N4O2. The fourth-order valence-electron chi connectivity index (χ4n) is 3.05. The van der Waals surface area contributed by atoms with E-state index in [4.69, 9.17) is 9.47 Å². The molecule has 1 aliphatic heterocycles. The van der Waals surface area contributed by atoms with Gasteiger partial charge in [0.05, 0.1) is 13.7 Å². The van der Waals surface area contributed by atoms with Crippen LogP contribution in [0.5, 0.6) is 11.5 Å². The lowest BCUT2D eigenvalue weighted by molar-refractivity contribution is 0.187. The number of rotatable bonds is 8. The summed E-state index contributed by atoms with van der Waals surface area (Å²) in [6, 6.07) is 7.60. The van der Waals surface area contributed by atoms with Crippen molar-refractivity contribution in [2.24, 2.45) is 10.9 Å². The first kappa shape index (κ1) is 19.4. The number of aliphatic imine (C=N–C) groups is 1. The maximum atomic E-state index is 5.70. The summed E-state index contributed by atoms with van der Waals surface area (Å²) in [5.41, 5.74) is 0. The Morgan fingerprint density at radius 3 is 2.60 bits per heavy atom. The molecule has 2 rings (SSSR count). The van der Waals surface area contributed by atoms with Gasteiger partial charge in [-0.2, -0.15) is 0 Å². The van der Waals surface area contributed by atoms with E-state index in [0.29, 0.717) is 13.2 Å². The molecule has 1 aliphatic rings. The number of likely N-dealkylation sites (tertiary alicyclic amines) is 1. The number of hydrogen-bond donors (Lipinski definition) is 2. The van der Waals surface area contributed by atoms with Crippen LogP contribution in [0.4, 0.5) is 0 Å². The zero-order chi connectivity index (χ0) is 17.9. The largest absolute Gasteiger partial charge is 0.497 e. The molecule has 0 aliphatic carbocycles. The summed E-state index contributed by atoms with van der Waals surface area (Å²) in [7, 11) is 3.45. The van der Waals surface area contributed by atoms with Crippen LogP contribution in [-0.2, 0) is 0 Å². The van der Waals surface area contributed by atoms with E-state index in [1.807, 2.05) is 24.3 Å². The lowest BCUT2D eigenvalue weighted by Gasteiger charge is -2.30. The zero-order valence-corrected chi connectivity index (χ0v) is 15.8. The molecule has 0 saturated carbocycles. The average Bonchev–Trinajstić information content (AvgIpc) is 2.64. The van der Waals surface area contributed by atoms with Crippen LogP contribution < -0.4 is 20.1 Å². The van der Waals surface area contributed by atoms with Crippen LogP contribution in [0.25, 0.3) is 0 Å². The minimum atomic E-state index is 0.580. The fraction of sp³-hybridized carbons (Fsp3) is 0.632. The minimum Gasteiger partial charge on any atom is -0.497 e. The van der Waals surface area contributed by atoms with Crippen LogP contribution >= 0.6 is 0 Å². The Balaban J connectivity index is 1.58. The number of methoxy groups -OCH3 is 1. The number of benzene rings is 1. The molecule has 6 nitrogen and oxygen atoms in total. The molecule has 6 heteroatoms. The summed E-state index contributed by atoms with van der Waals surface area (Å²) in [6.45, 7) is 8.02. The van der Waals surface area contributed by atoms with E-state index in [-0.39, 0.29) is 0 Å². The minimum absolute atomic E-state index is 0.580. The van der Waals surface area contributed by atoms with Crippen molar-refractivity contribution in [1.29, 1.82) is 0 Å². The van der Waals surface area contributed by atoms with Gasteiger partial charge in [-0.05, 0) is 49.6 Å². The van der Waals surface area contributed by atoms with Crippen molar-refractivity contribution in [2.75, 3.05) is 53.5 Å². The molecule has 1 atom stereocenters. The van der Waals surface area contributed by atoms with Crippen molar-refractivity contribution in [2.45, 2.75) is 19.8 Å². The highest BCUT2D eigenvalue weighted by molar-refractivity contribution is 5.79. The Morgan fingerprint density at radius 1 is 1.20 bits per heavy atom. The number of nitrogens with one attached hydrogen (secondary N) is 2. The first-order chi connectivity index (χ1) is 12.2. The average molecular weight is 348 g/mol. The van der Waals surface area contributed by atoms with Gasteiger partial charge < -0.3 is 25.0 Å². The van der Waals surface area contributed by atoms with Crippen molar-refractivity contribution in [3.63, 3.8) is 0 Å². The van der Waals surface area contributed by atoms with Crippen LogP contribution in [-0.4, -0.2) is 64.3 Å². The van der Waals surface area contributed by atoms with E-state index in [1.165, 1.54) is 25.9 Å². The summed E-state index contributed by atoms with van der Waals surface area (Å²) in [5, 5.41) is 6.65. The first-order valence-electron chi connectivity index (χ1n) is 9.15. The quantitative estimate of drug-likeness (QED) is 0.427. The van der Waals surface area contributed by atoms with Gasteiger partial charge >= 0.3 is 0 Å². The molecule has 0 spiro atoms. The zero-order valence-electron chi connectivity index (χ0n) is 15.8. The van der Waals surface area contributed by atoms with Gasteiger partial charge in [-0.3, -0.25) is 4.99 Å². The Labute approximate surface area is 151 Å². The highest BCUT2D eigenvalue weighted by Gasteiger charge is 2.15. The summed E-state index contributed by atoms with van der Waals surface area (Å²) < 4.78 is 10.8. The topological polar surface area (TPSA) is 58.1 Å². The van der Waals surface area contributed by atoms with Gasteiger partial charge in [-0.15, -0.1) is 0 Å². The predicted octanol–water partition coefficient (Wildman–Crippen LogP) is 1.97. The molecule has 2 N–H and O–H groups in total. The molecule has 0 radical (unpaired) electrons. The molecule has 1 unspecified atom stereocenters. The van der Waals surface area contributed by atoms with Gasteiger partial charge in [-0.25, -0.2) is 0 Å². The third kappa shape index (κ3) is 7.22. The Hall–Kier alpha value is -1.95. The van der Waals surface area contributed by atoms with Crippen molar-refractivity contribution in [3.05, 3.63) is 24.3 Å². The smallest absolute Gasteiger partial charge is 0.191 e. The van der Waals surface area contributed by atoms with Gasteiger partial charge in [0.15, 0.2) is 5.96 Å². The third-order valence-electron chi connectivity index (χ3n) is 4.41. The van der Waals surface area contributed by atoms with E-state index in [1.54, 1.807) is 14.2 Å². The molecule has 140 valence electrons. The lowest BCUT2D eigenvalue weighted by atomic mass is 10.0. The molecule has 0 aromatic heterocycles. The van der Waals surface area contributed by atoms with Gasteiger partial charge in [-0.1, -0.05) is 6.92 Å². The van der Waals surface area contributed by atoms with Gasteiger partial charge in [0, 0.05) is 26.7 Å². The number of nitrogens with zero attached hydrogens (tertiary/aromatic N) is 2. The number of piperidine rings is 1. The first-order valence-corrected chi connectivity index (χ1v) is 9.15. The summed E-state index contributed by atoms with van der Waals surface area (Å²) in [4.78, 5) is 6.79. The van der Waals surface area contributed by atoms with E-state index >= 15 is 0 Å². The molecule has 0 bridgehead atoms. The van der Waals surface area contributed by atoms with E-state index < -0.39 is 0 Å². The van der Waals surface area contributed by atoms with E-state index in [9.17, 15) is 0 Å². The second-order valence-corrected chi connectivity index (χ2v) is 6.50. The molecular weight excluding hydrogens is 316 g/mol. The summed E-state index contributed by atoms with van der Waals surface area (Å²) in [6.07, 6.45) is 2.68. The van der Waals surface area contributed by atoms with E-state index in [0.717, 1.165) is 36.5 Å². The standard InChI is InChI=1S/C19H32N4O2/c1-16-5-4-12-23(15-16)13-10-21-19(20-2)22-11-14-25-18-8-6-17(24-3)7-9-18/h6-9,16H,4-5,10-15H2,1-3H3,(H2,20,21,22). The second kappa shape index (κ2) is 10.8. The van der Waals surface area contributed by atoms with Crippen molar-refractivity contribution in [3.8, 4) is 11.5 Å². The Bertz CT molecular complexity index is 519. The molecule has 1 aromatic rings. The molecule has 1 fully saturated rings. The van der Waals surface area contributed by atoms with Crippen molar-refractivity contribution >= 4 is 5.96 Å². The Kier molecular flexibility index (Phi) is 8.39. The normalized spacial score (nSPS) is 18.7. The highest BCUT2D eigenvalue weighted by atomic mass is 16.5. The van der Waals surface area contributed by atoms with Gasteiger partial charge in [0.25, 0.3) is 0 Å². The molecule has 1 saturated heterocycles. The second-order valence-electron chi connectivity index (χ2n) is 6.50. The molecule has 0 amide bonds. The fourth-order valence-corrected chi connectivity index (χ4v) is 3.05. The maximum Gasteiger partial charge on any atom is 0.191 e. The predicted molar refractivity (Wildman–Crippen MR) is 103 cm³/mol. The van der Waals surface area contributed by atoms with Gasteiger partial charge in [0.1, 0.15) is 18.1 Å². The number of hydrogen-bond acceptors (Lipinski definition) is 4. The van der Waals surface area contributed by atoms with Crippen LogP contribution in [0.3, 0.4) is 0 Å². The molecule has 25 heavy (non-hydrogen) atoms. The van der Waals surface area contributed by atoms with Gasteiger partial charge in [0.2, 0.25) is 0 Å². The molecule has 1 aromatic carbocycles. The van der Waals surface area contributed by atoms with Crippen LogP contribution in [0.1, 0.15) is 19.8 Å². The van der Waals surface area contributed by atoms with Crippen LogP contribution in [0.2, 0.25) is 0 Å². The van der Waals surface area contributed by atoms with E-state index in [2.05, 4.69) is 27.4 Å². The SMILES string of the molecule is CN=C(NCCOc1ccc(OC)cc1)NCCN1CCCC(C)C1. The number of guanidine groups is 1. The third-order valence-corrected chi connectivity index (χ3v) is 4.41. The monoisotopic (exact) mass is 348 g/mol. The molecule has 1 heterocycles. The summed E-state index contributed by atoms with van der Waals surface area (Å²) in [5.74, 6) is 3.31. The number of ether oxygens (including phenoxy) is 2. The van der Waals surface area contributed by atoms with Crippen molar-refractivity contribution < 1.29 is 9.47 Å². The van der Waals surface area contributed by atoms with Crippen molar-refractivity contribution in [1.82, 2.24) is 15.5 Å². The summed E-state index contributed by atoms with van der Waals surface area (Å²) >= 11 is 0. The highest BCUT2D eigenvalue weighted by Crippen LogP contribution is 2.16. The lowest BCUT2D eigenvalue weighted by Crippen LogP contribution is -2.44. The van der Waals surface area contributed by atoms with Crippen LogP contribution in [0, 0.1) is 5.92 Å².